The van der Waals surface area contributed by atoms with Crippen molar-refractivity contribution in [3.63, 3.8) is 0 Å². The monoisotopic (exact) mass is 770 g/mol. The lowest BCUT2D eigenvalue weighted by Gasteiger charge is -2.40. The Labute approximate surface area is 327 Å². The van der Waals surface area contributed by atoms with Crippen molar-refractivity contribution in [2.75, 3.05) is 40.3 Å². The third-order valence-electron chi connectivity index (χ3n) is 11.0. The molecule has 0 spiro atoms. The lowest BCUT2D eigenvalue weighted by Crippen LogP contribution is -2.59. The molecule has 1 aliphatic heterocycles. The first kappa shape index (κ1) is 45.2. The maximum absolute atomic E-state index is 14.2. The summed E-state index contributed by atoms with van der Waals surface area (Å²) in [6.45, 7) is 14.2. The fraction of sp³-hybridized carbons (Fsp3) is 0.683. The molecule has 3 rings (SSSR count). The van der Waals surface area contributed by atoms with Crippen LogP contribution >= 0.6 is 11.3 Å². The van der Waals surface area contributed by atoms with Crippen molar-refractivity contribution in [2.24, 2.45) is 23.7 Å². The molecule has 302 valence electrons. The standard InChI is InChI=1S/C41H66N6O6S/c1-13-27(6)36(46(10)40(51)34(25(2)3)44-38(49)35(26(4)5)45(8)9)33(52-11)23-32(48)30-19-20-31(43-30)37(53-12)28(7)39(50)47(41-42-21-22-54-41)24-29-17-15-14-16-18-29/h14-18,21-22,25-28,30-31,33-37,43H,13,19-20,23-24H2,1-12H3,(H,44,49). The van der Waals surface area contributed by atoms with Gasteiger partial charge in [-0.3, -0.25) is 29.0 Å². The summed E-state index contributed by atoms with van der Waals surface area (Å²) in [4.78, 5) is 65.4. The molecule has 0 saturated carbocycles. The Morgan fingerprint density at radius 1 is 0.944 bits per heavy atom. The van der Waals surface area contributed by atoms with Crippen molar-refractivity contribution >= 4 is 40.0 Å². The average Bonchev–Trinajstić information content (AvgIpc) is 3.86. The molecule has 2 N–H and O–H groups in total. The van der Waals surface area contributed by atoms with Crippen LogP contribution in [0.2, 0.25) is 0 Å². The molecule has 1 fully saturated rings. The van der Waals surface area contributed by atoms with Gasteiger partial charge in [-0.2, -0.15) is 0 Å². The SMILES string of the molecule is CCC(C)C(C(CC(=O)C1CCC(C(OC)C(C)C(=O)N(Cc2ccccc2)c2nccs2)N1)OC)N(C)C(=O)C(NC(=O)C(C(C)C)N(C)C)C(C)C. The Hall–Kier alpha value is -3.23. The highest BCUT2D eigenvalue weighted by molar-refractivity contribution is 7.13. The molecule has 1 aliphatic rings. The van der Waals surface area contributed by atoms with Crippen molar-refractivity contribution in [3.05, 3.63) is 47.5 Å². The van der Waals surface area contributed by atoms with E-state index < -0.39 is 36.3 Å². The summed E-state index contributed by atoms with van der Waals surface area (Å²) in [5, 5.41) is 9.03. The lowest BCUT2D eigenvalue weighted by molar-refractivity contribution is -0.144. The van der Waals surface area contributed by atoms with Crippen LogP contribution < -0.4 is 15.5 Å². The summed E-state index contributed by atoms with van der Waals surface area (Å²) in [6, 6.07) is 7.62. The van der Waals surface area contributed by atoms with Gasteiger partial charge in [0.2, 0.25) is 17.7 Å². The minimum Gasteiger partial charge on any atom is -0.379 e. The molecular formula is C41H66N6O6S. The van der Waals surface area contributed by atoms with E-state index >= 15 is 0 Å². The van der Waals surface area contributed by atoms with Crippen LogP contribution in [0.15, 0.2) is 41.9 Å². The summed E-state index contributed by atoms with van der Waals surface area (Å²) >= 11 is 1.41. The molecule has 13 heteroatoms. The van der Waals surface area contributed by atoms with E-state index in [-0.39, 0.29) is 59.8 Å². The highest BCUT2D eigenvalue weighted by Crippen LogP contribution is 2.29. The van der Waals surface area contributed by atoms with Crippen LogP contribution in [-0.2, 0) is 35.2 Å². The van der Waals surface area contributed by atoms with Crippen molar-refractivity contribution in [2.45, 2.75) is 123 Å². The van der Waals surface area contributed by atoms with Gasteiger partial charge in [-0.1, -0.05) is 85.2 Å². The lowest BCUT2D eigenvalue weighted by atomic mass is 9.88. The summed E-state index contributed by atoms with van der Waals surface area (Å²) < 4.78 is 12.0. The van der Waals surface area contributed by atoms with Crippen molar-refractivity contribution in [1.82, 2.24) is 25.4 Å². The predicted molar refractivity (Wildman–Crippen MR) is 215 cm³/mol. The molecule has 1 aromatic carbocycles. The molecule has 2 aromatic rings. The number of ether oxygens (including phenoxy) is 2. The van der Waals surface area contributed by atoms with Crippen LogP contribution in [0.1, 0.15) is 79.7 Å². The highest BCUT2D eigenvalue weighted by atomic mass is 32.1. The second kappa shape index (κ2) is 21.2. The average molecular weight is 771 g/mol. The Balaban J connectivity index is 1.74. The van der Waals surface area contributed by atoms with Crippen molar-refractivity contribution in [1.29, 1.82) is 0 Å². The Morgan fingerprint density at radius 2 is 1.61 bits per heavy atom. The smallest absolute Gasteiger partial charge is 0.245 e. The van der Waals surface area contributed by atoms with Crippen molar-refractivity contribution < 1.29 is 28.7 Å². The molecule has 9 atom stereocenters. The number of methoxy groups -OCH3 is 2. The fourth-order valence-corrected chi connectivity index (χ4v) is 8.56. The molecule has 1 aromatic heterocycles. The number of anilines is 1. The van der Waals surface area contributed by atoms with E-state index in [4.69, 9.17) is 9.47 Å². The molecule has 3 amide bonds. The predicted octanol–water partition coefficient (Wildman–Crippen LogP) is 5.02. The van der Waals surface area contributed by atoms with Gasteiger partial charge in [-0.05, 0) is 50.3 Å². The normalized spacial score (nSPS) is 19.9. The Bertz CT molecular complexity index is 1470. The first-order valence-electron chi connectivity index (χ1n) is 19.4. The second-order valence-corrected chi connectivity index (χ2v) is 16.6. The molecule has 9 unspecified atom stereocenters. The number of nitrogens with zero attached hydrogens (tertiary/aromatic N) is 4. The van der Waals surface area contributed by atoms with Crippen LogP contribution in [0.5, 0.6) is 0 Å². The number of likely N-dealkylation sites (N-methyl/N-ethyl adjacent to an activating group) is 2. The third kappa shape index (κ3) is 11.4. The topological polar surface area (TPSA) is 133 Å². The van der Waals surface area contributed by atoms with Crippen LogP contribution in [0, 0.1) is 23.7 Å². The number of nitrogens with one attached hydrogen (secondary N) is 2. The fourth-order valence-electron chi connectivity index (χ4n) is 7.92. The first-order chi connectivity index (χ1) is 25.6. The molecule has 0 aliphatic carbocycles. The van der Waals surface area contributed by atoms with Crippen LogP contribution in [-0.4, -0.2) is 116 Å². The van der Waals surface area contributed by atoms with Gasteiger partial charge in [0.1, 0.15) is 6.04 Å². The number of hydrogen-bond acceptors (Lipinski definition) is 10. The minimum atomic E-state index is -0.740. The summed E-state index contributed by atoms with van der Waals surface area (Å²) in [6.07, 6.45) is 2.76. The maximum atomic E-state index is 14.2. The van der Waals surface area contributed by atoms with E-state index in [0.717, 1.165) is 12.0 Å². The molecular weight excluding hydrogens is 705 g/mol. The minimum absolute atomic E-state index is 0.0103. The Morgan fingerprint density at radius 3 is 2.13 bits per heavy atom. The molecule has 2 heterocycles. The van der Waals surface area contributed by atoms with Gasteiger partial charge in [-0.15, -0.1) is 11.3 Å². The van der Waals surface area contributed by atoms with Crippen LogP contribution in [0.3, 0.4) is 0 Å². The Kier molecular flexibility index (Phi) is 17.7. The largest absolute Gasteiger partial charge is 0.379 e. The number of thiazole rings is 1. The highest BCUT2D eigenvalue weighted by Gasteiger charge is 2.43. The van der Waals surface area contributed by atoms with Gasteiger partial charge in [0.15, 0.2) is 10.9 Å². The molecule has 0 radical (unpaired) electrons. The summed E-state index contributed by atoms with van der Waals surface area (Å²) in [7, 11) is 8.67. The van der Waals surface area contributed by atoms with Gasteiger partial charge in [0.05, 0.1) is 42.8 Å². The summed E-state index contributed by atoms with van der Waals surface area (Å²) in [5.41, 5.74) is 0.996. The van der Waals surface area contributed by atoms with Gasteiger partial charge in [-0.25, -0.2) is 4.98 Å². The van der Waals surface area contributed by atoms with E-state index in [1.165, 1.54) is 11.3 Å². The third-order valence-corrected chi connectivity index (χ3v) is 11.8. The van der Waals surface area contributed by atoms with Gasteiger partial charge >= 0.3 is 0 Å². The van der Waals surface area contributed by atoms with E-state index in [1.54, 1.807) is 37.3 Å². The quantitative estimate of drug-likeness (QED) is 0.180. The summed E-state index contributed by atoms with van der Waals surface area (Å²) in [5.74, 6) is -1.12. The number of benzene rings is 1. The number of hydrogen-bond donors (Lipinski definition) is 2. The van der Waals surface area contributed by atoms with Crippen molar-refractivity contribution in [3.8, 4) is 0 Å². The van der Waals surface area contributed by atoms with E-state index in [0.29, 0.717) is 24.5 Å². The number of rotatable bonds is 21. The maximum Gasteiger partial charge on any atom is 0.245 e. The van der Waals surface area contributed by atoms with E-state index in [1.807, 2.05) is 89.3 Å². The van der Waals surface area contributed by atoms with Crippen LogP contribution in [0.25, 0.3) is 0 Å². The zero-order valence-corrected chi connectivity index (χ0v) is 35.4. The number of carbonyl (C=O) groups excluding carboxylic acids is 4. The zero-order valence-electron chi connectivity index (χ0n) is 34.6. The molecule has 1 saturated heterocycles. The van der Waals surface area contributed by atoms with Crippen LogP contribution in [0.4, 0.5) is 5.13 Å². The number of Topliss-reactive ketones (excluding diaryl/α,β-unsaturated/α-hetero) is 1. The van der Waals surface area contributed by atoms with Gasteiger partial charge < -0.3 is 25.0 Å². The van der Waals surface area contributed by atoms with Gasteiger partial charge in [0, 0.05) is 45.3 Å². The zero-order chi connectivity index (χ0) is 40.3. The van der Waals surface area contributed by atoms with E-state index in [9.17, 15) is 19.2 Å². The number of aromatic nitrogens is 1. The molecule has 54 heavy (non-hydrogen) atoms. The van der Waals surface area contributed by atoms with Gasteiger partial charge in [0.25, 0.3) is 0 Å². The second-order valence-electron chi connectivity index (χ2n) is 15.8. The number of amides is 3. The first-order valence-corrected chi connectivity index (χ1v) is 20.3. The molecule has 0 bridgehead atoms. The number of ketones is 1. The molecule has 12 nitrogen and oxygen atoms in total. The number of carbonyl (C=O) groups is 4. The van der Waals surface area contributed by atoms with E-state index in [2.05, 4.69) is 29.5 Å².